The molecule has 2 atom stereocenters. The number of nitrogens with zero attached hydrogens (tertiary/aromatic N) is 1. The lowest BCUT2D eigenvalue weighted by Crippen LogP contribution is -2.33. The average Bonchev–Trinajstić information content (AvgIpc) is 2.40. The van der Waals surface area contributed by atoms with Crippen LogP contribution in [0.25, 0.3) is 0 Å². The van der Waals surface area contributed by atoms with Crippen molar-refractivity contribution >= 4 is 0 Å². The maximum Gasteiger partial charge on any atom is 0.387 e. The van der Waals surface area contributed by atoms with Crippen molar-refractivity contribution in [3.8, 4) is 5.75 Å². The van der Waals surface area contributed by atoms with E-state index in [-0.39, 0.29) is 11.8 Å². The van der Waals surface area contributed by atoms with Crippen molar-refractivity contribution in [2.45, 2.75) is 32.9 Å². The molecule has 0 aliphatic rings. The predicted octanol–water partition coefficient (Wildman–Crippen LogP) is 3.27. The van der Waals surface area contributed by atoms with Gasteiger partial charge in [-0.3, -0.25) is 4.90 Å². The van der Waals surface area contributed by atoms with Crippen LogP contribution in [0, 0.1) is 5.92 Å². The van der Waals surface area contributed by atoms with Crippen LogP contribution in [0.2, 0.25) is 0 Å². The minimum absolute atomic E-state index is 0.0876. The van der Waals surface area contributed by atoms with Gasteiger partial charge in [-0.1, -0.05) is 32.4 Å². The van der Waals surface area contributed by atoms with Crippen LogP contribution in [-0.4, -0.2) is 31.6 Å². The monoisotopic (exact) mass is 286 g/mol. The molecule has 0 radical (unpaired) electrons. The molecule has 1 aromatic rings. The average molecular weight is 286 g/mol. The fourth-order valence-electron chi connectivity index (χ4n) is 2.19. The van der Waals surface area contributed by atoms with E-state index < -0.39 is 6.61 Å². The van der Waals surface area contributed by atoms with Gasteiger partial charge in [0.25, 0.3) is 0 Å². The van der Waals surface area contributed by atoms with Crippen LogP contribution in [0.1, 0.15) is 31.9 Å². The fourth-order valence-corrected chi connectivity index (χ4v) is 2.19. The Bertz CT molecular complexity index is 384. The Labute approximate surface area is 119 Å². The van der Waals surface area contributed by atoms with Crippen molar-refractivity contribution in [3.63, 3.8) is 0 Å². The first-order valence-corrected chi connectivity index (χ1v) is 6.93. The lowest BCUT2D eigenvalue weighted by Gasteiger charge is -2.29. The smallest absolute Gasteiger partial charge is 0.387 e. The largest absolute Gasteiger partial charge is 0.435 e. The number of likely N-dealkylation sites (N-methyl/N-ethyl adjacent to an activating group) is 1. The third-order valence-electron chi connectivity index (χ3n) is 3.54. The summed E-state index contributed by atoms with van der Waals surface area (Å²) in [6.45, 7) is 3.00. The van der Waals surface area contributed by atoms with E-state index in [9.17, 15) is 8.78 Å². The highest BCUT2D eigenvalue weighted by Crippen LogP contribution is 2.23. The second kappa shape index (κ2) is 8.17. The van der Waals surface area contributed by atoms with Gasteiger partial charge in [0.05, 0.1) is 0 Å². The van der Waals surface area contributed by atoms with Crippen LogP contribution in [0.15, 0.2) is 24.3 Å². The summed E-state index contributed by atoms with van der Waals surface area (Å²) in [7, 11) is 2.03. The van der Waals surface area contributed by atoms with E-state index in [1.54, 1.807) is 24.3 Å². The van der Waals surface area contributed by atoms with E-state index in [0.717, 1.165) is 18.5 Å². The van der Waals surface area contributed by atoms with Gasteiger partial charge in [-0.05, 0) is 30.7 Å². The molecule has 0 amide bonds. The highest BCUT2D eigenvalue weighted by Gasteiger charge is 2.17. The number of alkyl halides is 2. The molecule has 5 heteroatoms. The molecule has 114 valence electrons. The van der Waals surface area contributed by atoms with Crippen molar-refractivity contribution in [3.05, 3.63) is 29.8 Å². The minimum atomic E-state index is -2.79. The third kappa shape index (κ3) is 5.06. The summed E-state index contributed by atoms with van der Waals surface area (Å²) in [5.74, 6) is 0.764. The normalized spacial score (nSPS) is 14.6. The van der Waals surface area contributed by atoms with Crippen molar-refractivity contribution < 1.29 is 13.5 Å². The van der Waals surface area contributed by atoms with Gasteiger partial charge in [0.15, 0.2) is 0 Å². The maximum atomic E-state index is 12.1. The molecule has 1 rings (SSSR count). The van der Waals surface area contributed by atoms with Crippen molar-refractivity contribution in [1.82, 2.24) is 4.90 Å². The summed E-state index contributed by atoms with van der Waals surface area (Å²) in [6.07, 6.45) is 1.11. The molecule has 0 saturated carbocycles. The highest BCUT2D eigenvalue weighted by molar-refractivity contribution is 5.29. The Morgan fingerprint density at radius 2 is 1.85 bits per heavy atom. The maximum absolute atomic E-state index is 12.1. The molecule has 0 aliphatic carbocycles. The molecule has 0 heterocycles. The second-order valence-electron chi connectivity index (χ2n) is 5.15. The number of hydrogen-bond donors (Lipinski definition) is 1. The number of hydrogen-bond acceptors (Lipinski definition) is 3. The number of nitrogens with two attached hydrogens (primary N) is 1. The first-order chi connectivity index (χ1) is 9.47. The fraction of sp³-hybridized carbons (Fsp3) is 0.600. The molecular formula is C15H24F2N2O. The van der Waals surface area contributed by atoms with E-state index in [4.69, 9.17) is 5.73 Å². The van der Waals surface area contributed by atoms with Gasteiger partial charge in [-0.25, -0.2) is 0 Å². The quantitative estimate of drug-likeness (QED) is 0.797. The summed E-state index contributed by atoms with van der Waals surface area (Å²) < 4.78 is 28.6. The van der Waals surface area contributed by atoms with Gasteiger partial charge >= 0.3 is 6.61 Å². The lowest BCUT2D eigenvalue weighted by molar-refractivity contribution is -0.0498. The predicted molar refractivity (Wildman–Crippen MR) is 77.0 cm³/mol. The molecule has 20 heavy (non-hydrogen) atoms. The number of ether oxygens (including phenoxy) is 1. The van der Waals surface area contributed by atoms with Crippen LogP contribution >= 0.6 is 0 Å². The summed E-state index contributed by atoms with van der Waals surface area (Å²) in [5, 5.41) is 0. The van der Waals surface area contributed by atoms with Crippen LogP contribution in [0.3, 0.4) is 0 Å². The van der Waals surface area contributed by atoms with E-state index in [0.29, 0.717) is 12.5 Å². The second-order valence-corrected chi connectivity index (χ2v) is 5.15. The Morgan fingerprint density at radius 3 is 2.30 bits per heavy atom. The van der Waals surface area contributed by atoms with Crippen molar-refractivity contribution in [2.75, 3.05) is 20.1 Å². The molecule has 1 aromatic carbocycles. The van der Waals surface area contributed by atoms with Gasteiger partial charge in [0.2, 0.25) is 0 Å². The zero-order chi connectivity index (χ0) is 15.1. The molecule has 0 spiro atoms. The summed E-state index contributed by atoms with van der Waals surface area (Å²) in [6, 6.07) is 6.79. The first-order valence-electron chi connectivity index (χ1n) is 6.93. The van der Waals surface area contributed by atoms with Crippen LogP contribution in [-0.2, 0) is 0 Å². The topological polar surface area (TPSA) is 38.5 Å². The minimum Gasteiger partial charge on any atom is -0.435 e. The molecule has 2 unspecified atom stereocenters. The molecule has 0 saturated heterocycles. The standard InChI is InChI=1S/C15H24F2N2O/c1-4-11(2)10-19(3)14(9-18)12-5-7-13(8-6-12)20-15(16)17/h5-8,11,14-15H,4,9-10,18H2,1-3H3. The summed E-state index contributed by atoms with van der Waals surface area (Å²) in [5.41, 5.74) is 6.86. The summed E-state index contributed by atoms with van der Waals surface area (Å²) >= 11 is 0. The van der Waals surface area contributed by atoms with Gasteiger partial charge in [0, 0.05) is 19.1 Å². The van der Waals surface area contributed by atoms with Crippen molar-refractivity contribution in [1.29, 1.82) is 0 Å². The highest BCUT2D eigenvalue weighted by atomic mass is 19.3. The first kappa shape index (κ1) is 16.9. The van der Waals surface area contributed by atoms with Crippen LogP contribution in [0.5, 0.6) is 5.75 Å². The summed E-state index contributed by atoms with van der Waals surface area (Å²) in [4.78, 5) is 2.21. The van der Waals surface area contributed by atoms with Crippen molar-refractivity contribution in [2.24, 2.45) is 11.7 Å². The van der Waals surface area contributed by atoms with Gasteiger partial charge in [-0.15, -0.1) is 0 Å². The number of benzene rings is 1. The van der Waals surface area contributed by atoms with Gasteiger partial charge < -0.3 is 10.5 Å². The molecule has 0 aromatic heterocycles. The molecule has 0 fully saturated rings. The van der Waals surface area contributed by atoms with Gasteiger partial charge in [-0.2, -0.15) is 8.78 Å². The molecule has 3 nitrogen and oxygen atoms in total. The zero-order valence-electron chi connectivity index (χ0n) is 12.4. The van der Waals surface area contributed by atoms with Crippen LogP contribution < -0.4 is 10.5 Å². The van der Waals surface area contributed by atoms with Gasteiger partial charge in [0.1, 0.15) is 5.75 Å². The Morgan fingerprint density at radius 1 is 1.25 bits per heavy atom. The van der Waals surface area contributed by atoms with E-state index in [2.05, 4.69) is 23.5 Å². The molecular weight excluding hydrogens is 262 g/mol. The molecule has 0 bridgehead atoms. The molecule has 2 N–H and O–H groups in total. The third-order valence-corrected chi connectivity index (χ3v) is 3.54. The van der Waals surface area contributed by atoms with Crippen LogP contribution in [0.4, 0.5) is 8.78 Å². The van der Waals surface area contributed by atoms with E-state index in [1.165, 1.54) is 0 Å². The Hall–Kier alpha value is -1.20. The number of halogens is 2. The SMILES string of the molecule is CCC(C)CN(C)C(CN)c1ccc(OC(F)F)cc1. The molecule has 0 aliphatic heterocycles. The van der Waals surface area contributed by atoms with E-state index in [1.807, 2.05) is 7.05 Å². The Kier molecular flexibility index (Phi) is 6.88. The Balaban J connectivity index is 2.74. The zero-order valence-corrected chi connectivity index (χ0v) is 12.4. The number of rotatable bonds is 8. The van der Waals surface area contributed by atoms with E-state index >= 15 is 0 Å². The lowest BCUT2D eigenvalue weighted by atomic mass is 10.0.